The van der Waals surface area contributed by atoms with Crippen LogP contribution in [0.2, 0.25) is 0 Å². The number of halogens is 1. The van der Waals surface area contributed by atoms with E-state index in [-0.39, 0.29) is 18.0 Å². The van der Waals surface area contributed by atoms with Crippen molar-refractivity contribution in [3.63, 3.8) is 0 Å². The molecule has 3 aliphatic rings. The van der Waals surface area contributed by atoms with Gasteiger partial charge in [-0.3, -0.25) is 14.3 Å². The maximum absolute atomic E-state index is 12.8. The molecule has 1 aromatic carbocycles. The Bertz CT molecular complexity index is 1250. The van der Waals surface area contributed by atoms with Crippen LogP contribution in [0.4, 0.5) is 0 Å². The van der Waals surface area contributed by atoms with Crippen molar-refractivity contribution in [1.29, 1.82) is 0 Å². The molecule has 0 saturated carbocycles. The smallest absolute Gasteiger partial charge is 0.258 e. The van der Waals surface area contributed by atoms with Gasteiger partial charge in [-0.25, -0.2) is 0 Å². The van der Waals surface area contributed by atoms with Crippen LogP contribution in [0.15, 0.2) is 71.3 Å². The van der Waals surface area contributed by atoms with E-state index in [2.05, 4.69) is 35.4 Å². The predicted octanol–water partition coefficient (Wildman–Crippen LogP) is 4.63. The minimum Gasteiger partial charge on any atom is -0.487 e. The van der Waals surface area contributed by atoms with Crippen molar-refractivity contribution in [3.8, 4) is 11.4 Å². The van der Waals surface area contributed by atoms with E-state index in [1.807, 2.05) is 24.3 Å². The minimum atomic E-state index is -0.0948. The fraction of sp³-hybridized carbons (Fsp3) is 0.308. The van der Waals surface area contributed by atoms with Gasteiger partial charge in [-0.05, 0) is 66.3 Å². The van der Waals surface area contributed by atoms with Gasteiger partial charge in [0, 0.05) is 42.1 Å². The summed E-state index contributed by atoms with van der Waals surface area (Å²) < 4.78 is 7.45. The first-order valence-electron chi connectivity index (χ1n) is 11.1. The Morgan fingerprint density at radius 2 is 2.06 bits per heavy atom. The molecule has 5 nitrogen and oxygen atoms in total. The summed E-state index contributed by atoms with van der Waals surface area (Å²) in [4.78, 5) is 17.1. The number of pyridine rings is 2. The number of nitrogens with one attached hydrogen (secondary N) is 1. The van der Waals surface area contributed by atoms with Crippen molar-refractivity contribution < 1.29 is 4.74 Å². The fourth-order valence-corrected chi connectivity index (χ4v) is 5.47. The first-order valence-corrected chi connectivity index (χ1v) is 11.1. The van der Waals surface area contributed by atoms with Gasteiger partial charge >= 0.3 is 0 Å². The summed E-state index contributed by atoms with van der Waals surface area (Å²) in [5.41, 5.74) is 7.48. The van der Waals surface area contributed by atoms with E-state index in [0.717, 1.165) is 17.8 Å². The predicted molar refractivity (Wildman–Crippen MR) is 128 cm³/mol. The summed E-state index contributed by atoms with van der Waals surface area (Å²) >= 11 is 0. The molecule has 32 heavy (non-hydrogen) atoms. The summed E-state index contributed by atoms with van der Waals surface area (Å²) in [5.74, 6) is 0.979. The van der Waals surface area contributed by atoms with Gasteiger partial charge in [-0.15, -0.1) is 12.4 Å². The number of hydrogen-bond donors (Lipinski definition) is 1. The van der Waals surface area contributed by atoms with Crippen molar-refractivity contribution in [1.82, 2.24) is 14.9 Å². The number of rotatable bonds is 4. The number of aromatic nitrogens is 2. The van der Waals surface area contributed by atoms with Gasteiger partial charge in [-0.2, -0.15) is 0 Å². The highest BCUT2D eigenvalue weighted by molar-refractivity contribution is 5.85. The summed E-state index contributed by atoms with van der Waals surface area (Å²) in [6.07, 6.45) is 7.20. The van der Waals surface area contributed by atoms with E-state index in [9.17, 15) is 4.79 Å². The van der Waals surface area contributed by atoms with Gasteiger partial charge in [-0.1, -0.05) is 24.6 Å². The van der Waals surface area contributed by atoms with Crippen LogP contribution in [0, 0.1) is 0 Å². The summed E-state index contributed by atoms with van der Waals surface area (Å²) in [6.45, 7) is 2.65. The van der Waals surface area contributed by atoms with Crippen LogP contribution in [0.5, 0.6) is 5.75 Å². The zero-order chi connectivity index (χ0) is 20.9. The SMILES string of the molecule is CC1C2=C(c3ccc(-n4ccc(OCc5ccccn5)cc4=O)cc31)C1CCC(C2)N1.Cl. The van der Waals surface area contributed by atoms with Crippen molar-refractivity contribution in [2.45, 2.75) is 50.8 Å². The van der Waals surface area contributed by atoms with Gasteiger partial charge in [0.2, 0.25) is 0 Å². The minimum absolute atomic E-state index is 0. The van der Waals surface area contributed by atoms with Crippen molar-refractivity contribution in [3.05, 3.63) is 93.7 Å². The zero-order valence-electron chi connectivity index (χ0n) is 18.0. The Hall–Kier alpha value is -2.89. The lowest BCUT2D eigenvalue weighted by molar-refractivity contribution is 0.300. The Kier molecular flexibility index (Phi) is 5.39. The molecule has 2 aliphatic heterocycles. The van der Waals surface area contributed by atoms with Gasteiger partial charge in [0.1, 0.15) is 12.4 Å². The highest BCUT2D eigenvalue weighted by Gasteiger charge is 2.41. The number of fused-ring (bicyclic) bond motifs is 5. The standard InChI is InChI=1S/C26H25N3O2.ClH/c1-16-22-13-19(6-7-21(22)26-23(16)12-17-5-8-24(26)28-17)29-11-9-20(14-25(29)30)31-15-18-4-2-3-10-27-18;/h2-4,6-7,9-11,13-14,16-17,24,28H,5,8,12,15H2,1H3;1H. The molecule has 6 rings (SSSR count). The van der Waals surface area contributed by atoms with E-state index in [4.69, 9.17) is 4.74 Å². The third-order valence-electron chi connectivity index (χ3n) is 7.00. The summed E-state index contributed by atoms with van der Waals surface area (Å²) in [5, 5.41) is 3.78. The Morgan fingerprint density at radius 3 is 2.88 bits per heavy atom. The molecule has 1 aliphatic carbocycles. The lowest BCUT2D eigenvalue weighted by atomic mass is 9.91. The Balaban J connectivity index is 0.00000216. The Morgan fingerprint density at radius 1 is 1.16 bits per heavy atom. The van der Waals surface area contributed by atoms with Gasteiger partial charge in [0.05, 0.1) is 5.69 Å². The quantitative estimate of drug-likeness (QED) is 0.633. The summed E-state index contributed by atoms with van der Waals surface area (Å²) in [6, 6.07) is 16.7. The van der Waals surface area contributed by atoms with Crippen molar-refractivity contribution >= 4 is 18.0 Å². The molecule has 4 heterocycles. The van der Waals surface area contributed by atoms with E-state index in [0.29, 0.717) is 30.4 Å². The normalized spacial score (nSPS) is 22.8. The molecular weight excluding hydrogens is 422 g/mol. The molecule has 1 N–H and O–H groups in total. The molecule has 164 valence electrons. The second kappa shape index (κ2) is 8.23. The fourth-order valence-electron chi connectivity index (χ4n) is 5.47. The second-order valence-corrected chi connectivity index (χ2v) is 8.81. The molecule has 0 spiro atoms. The van der Waals surface area contributed by atoms with E-state index in [1.165, 1.54) is 29.5 Å². The zero-order valence-corrected chi connectivity index (χ0v) is 18.8. The summed E-state index contributed by atoms with van der Waals surface area (Å²) in [7, 11) is 0. The van der Waals surface area contributed by atoms with Crippen LogP contribution in [-0.2, 0) is 6.61 Å². The maximum Gasteiger partial charge on any atom is 0.258 e. The topological polar surface area (TPSA) is 56.2 Å². The van der Waals surface area contributed by atoms with Crippen LogP contribution in [-0.4, -0.2) is 21.6 Å². The first kappa shape index (κ1) is 21.0. The van der Waals surface area contributed by atoms with E-state index < -0.39 is 0 Å². The highest BCUT2D eigenvalue weighted by Crippen LogP contribution is 2.50. The average molecular weight is 448 g/mol. The lowest BCUT2D eigenvalue weighted by Crippen LogP contribution is -2.34. The molecule has 0 amide bonds. The molecule has 3 atom stereocenters. The van der Waals surface area contributed by atoms with Crippen LogP contribution in [0.3, 0.4) is 0 Å². The molecule has 2 aromatic heterocycles. The average Bonchev–Trinajstić information content (AvgIpc) is 3.31. The molecular formula is C26H26ClN3O2. The van der Waals surface area contributed by atoms with Crippen LogP contribution < -0.4 is 15.6 Å². The van der Waals surface area contributed by atoms with Crippen molar-refractivity contribution in [2.75, 3.05) is 0 Å². The van der Waals surface area contributed by atoms with E-state index >= 15 is 0 Å². The molecule has 6 heteroatoms. The monoisotopic (exact) mass is 447 g/mol. The molecule has 1 fully saturated rings. The number of hydrogen-bond acceptors (Lipinski definition) is 4. The Labute approximate surface area is 193 Å². The third-order valence-corrected chi connectivity index (χ3v) is 7.00. The molecule has 3 unspecified atom stereocenters. The van der Waals surface area contributed by atoms with Gasteiger partial charge < -0.3 is 10.1 Å². The number of benzene rings is 1. The number of nitrogens with zero attached hydrogens (tertiary/aromatic N) is 2. The van der Waals surface area contributed by atoms with Gasteiger partial charge in [0.15, 0.2) is 0 Å². The van der Waals surface area contributed by atoms with Crippen LogP contribution >= 0.6 is 12.4 Å². The van der Waals surface area contributed by atoms with Gasteiger partial charge in [0.25, 0.3) is 5.56 Å². The third kappa shape index (κ3) is 3.46. The van der Waals surface area contributed by atoms with E-state index in [1.54, 1.807) is 28.6 Å². The molecule has 1 saturated heterocycles. The highest BCUT2D eigenvalue weighted by atomic mass is 35.5. The first-order chi connectivity index (χ1) is 15.2. The van der Waals surface area contributed by atoms with Crippen LogP contribution in [0.25, 0.3) is 11.3 Å². The number of ether oxygens (including phenoxy) is 1. The largest absolute Gasteiger partial charge is 0.487 e. The second-order valence-electron chi connectivity index (χ2n) is 8.81. The molecule has 2 bridgehead atoms. The maximum atomic E-state index is 12.8. The van der Waals surface area contributed by atoms with Crippen LogP contribution in [0.1, 0.15) is 48.9 Å². The van der Waals surface area contributed by atoms with Crippen molar-refractivity contribution in [2.24, 2.45) is 0 Å². The lowest BCUT2D eigenvalue weighted by Gasteiger charge is -2.25. The molecule has 3 aromatic rings. The molecule has 0 radical (unpaired) electrons.